The highest BCUT2D eigenvalue weighted by Gasteiger charge is 2.07. The molecule has 2 N–H and O–H groups in total. The van der Waals surface area contributed by atoms with E-state index in [4.69, 9.17) is 4.74 Å². The Morgan fingerprint density at radius 2 is 1.46 bits per heavy atom. The van der Waals surface area contributed by atoms with Crippen LogP contribution >= 0.6 is 0 Å². The highest BCUT2D eigenvalue weighted by Crippen LogP contribution is 2.17. The number of hydrogen-bond acceptors (Lipinski definition) is 3. The lowest BCUT2D eigenvalue weighted by molar-refractivity contribution is -0.116. The second kappa shape index (κ2) is 8.72. The van der Waals surface area contributed by atoms with Gasteiger partial charge in [-0.25, -0.2) is 0 Å². The number of hydrogen-bond donors (Lipinski definition) is 2. The minimum Gasteiger partial charge on any atom is -0.494 e. The Bertz CT molecular complexity index is 679. The van der Waals surface area contributed by atoms with E-state index >= 15 is 0 Å². The van der Waals surface area contributed by atoms with E-state index in [0.29, 0.717) is 30.0 Å². The van der Waals surface area contributed by atoms with Gasteiger partial charge in [0.1, 0.15) is 5.75 Å². The summed E-state index contributed by atoms with van der Waals surface area (Å²) in [5.74, 6) is 0.539. The van der Waals surface area contributed by atoms with Crippen molar-refractivity contribution in [2.75, 3.05) is 17.2 Å². The third-order valence-corrected chi connectivity index (χ3v) is 3.33. The lowest BCUT2D eigenvalue weighted by Crippen LogP contribution is -2.13. The Kier molecular flexibility index (Phi) is 6.37. The molecule has 0 spiro atoms. The van der Waals surface area contributed by atoms with Gasteiger partial charge in [0.25, 0.3) is 5.91 Å². The number of carbonyl (C=O) groups is 2. The zero-order valence-electron chi connectivity index (χ0n) is 14.0. The van der Waals surface area contributed by atoms with Crippen molar-refractivity contribution >= 4 is 23.2 Å². The second-order valence-corrected chi connectivity index (χ2v) is 5.29. The minimum absolute atomic E-state index is 0.0240. The average Bonchev–Trinajstić information content (AvgIpc) is 2.57. The summed E-state index contributed by atoms with van der Waals surface area (Å²) in [6.45, 7) is 4.48. The van der Waals surface area contributed by atoms with Crippen LogP contribution in [0.25, 0.3) is 0 Å². The standard InChI is InChI=1S/C19H22N2O3/c1-3-5-18(22)20-15-8-6-14(7-9-15)19(23)21-16-10-12-17(13-11-16)24-4-2/h6-13H,3-5H2,1-2H3,(H,20,22)(H,21,23). The van der Waals surface area contributed by atoms with Crippen LogP contribution in [-0.4, -0.2) is 18.4 Å². The number of carbonyl (C=O) groups excluding carboxylic acids is 2. The van der Waals surface area contributed by atoms with E-state index in [-0.39, 0.29) is 11.8 Å². The van der Waals surface area contributed by atoms with E-state index in [1.54, 1.807) is 36.4 Å². The fourth-order valence-electron chi connectivity index (χ4n) is 2.16. The number of benzene rings is 2. The molecule has 0 saturated carbocycles. The molecule has 24 heavy (non-hydrogen) atoms. The van der Waals surface area contributed by atoms with Crippen LogP contribution < -0.4 is 15.4 Å². The van der Waals surface area contributed by atoms with Gasteiger partial charge in [-0.05, 0) is 61.9 Å². The predicted octanol–water partition coefficient (Wildman–Crippen LogP) is 4.08. The Morgan fingerprint density at radius 3 is 2.04 bits per heavy atom. The molecule has 0 atom stereocenters. The summed E-state index contributed by atoms with van der Waals surface area (Å²) in [5, 5.41) is 5.62. The SMILES string of the molecule is CCCC(=O)Nc1ccc(C(=O)Nc2ccc(OCC)cc2)cc1. The molecular weight excluding hydrogens is 304 g/mol. The summed E-state index contributed by atoms with van der Waals surface area (Å²) in [4.78, 5) is 23.8. The van der Waals surface area contributed by atoms with Crippen LogP contribution in [0.2, 0.25) is 0 Å². The zero-order valence-corrected chi connectivity index (χ0v) is 14.0. The van der Waals surface area contributed by atoms with Gasteiger partial charge < -0.3 is 15.4 Å². The molecule has 2 aromatic carbocycles. The van der Waals surface area contributed by atoms with Gasteiger partial charge in [-0.15, -0.1) is 0 Å². The predicted molar refractivity (Wildman–Crippen MR) is 95.5 cm³/mol. The minimum atomic E-state index is -0.203. The van der Waals surface area contributed by atoms with E-state index in [2.05, 4.69) is 10.6 Å². The monoisotopic (exact) mass is 326 g/mol. The van der Waals surface area contributed by atoms with Crippen molar-refractivity contribution in [1.29, 1.82) is 0 Å². The summed E-state index contributed by atoms with van der Waals surface area (Å²) >= 11 is 0. The Balaban J connectivity index is 1.95. The van der Waals surface area contributed by atoms with Crippen molar-refractivity contribution in [1.82, 2.24) is 0 Å². The summed E-state index contributed by atoms with van der Waals surface area (Å²) in [6.07, 6.45) is 1.29. The van der Waals surface area contributed by atoms with Gasteiger partial charge in [0.15, 0.2) is 0 Å². The van der Waals surface area contributed by atoms with Gasteiger partial charge in [0, 0.05) is 23.4 Å². The molecule has 0 aromatic heterocycles. The number of ether oxygens (including phenoxy) is 1. The van der Waals surface area contributed by atoms with Gasteiger partial charge in [-0.1, -0.05) is 6.92 Å². The summed E-state index contributed by atoms with van der Waals surface area (Å²) in [7, 11) is 0. The number of rotatable bonds is 7. The van der Waals surface area contributed by atoms with E-state index < -0.39 is 0 Å². The molecule has 0 aliphatic carbocycles. The maximum absolute atomic E-state index is 12.2. The van der Waals surface area contributed by atoms with E-state index in [0.717, 1.165) is 12.2 Å². The molecule has 0 fully saturated rings. The second-order valence-electron chi connectivity index (χ2n) is 5.29. The molecule has 0 heterocycles. The largest absolute Gasteiger partial charge is 0.494 e. The molecule has 126 valence electrons. The number of amides is 2. The molecule has 2 aromatic rings. The van der Waals surface area contributed by atoms with Crippen molar-refractivity contribution in [3.63, 3.8) is 0 Å². The van der Waals surface area contributed by atoms with Crippen LogP contribution in [0.15, 0.2) is 48.5 Å². The van der Waals surface area contributed by atoms with Crippen LogP contribution in [-0.2, 0) is 4.79 Å². The molecule has 2 rings (SSSR count). The summed E-state index contributed by atoms with van der Waals surface area (Å²) < 4.78 is 5.37. The normalized spacial score (nSPS) is 10.1. The highest BCUT2D eigenvalue weighted by atomic mass is 16.5. The van der Waals surface area contributed by atoms with E-state index in [9.17, 15) is 9.59 Å². The van der Waals surface area contributed by atoms with Crippen molar-refractivity contribution in [3.05, 3.63) is 54.1 Å². The molecule has 0 aliphatic rings. The van der Waals surface area contributed by atoms with Crippen molar-refractivity contribution in [3.8, 4) is 5.75 Å². The summed E-state index contributed by atoms with van der Waals surface area (Å²) in [6, 6.07) is 14.0. The lowest BCUT2D eigenvalue weighted by Gasteiger charge is -2.08. The third-order valence-electron chi connectivity index (χ3n) is 3.33. The fourth-order valence-corrected chi connectivity index (χ4v) is 2.16. The third kappa shape index (κ3) is 5.12. The maximum Gasteiger partial charge on any atom is 0.255 e. The van der Waals surface area contributed by atoms with Crippen LogP contribution in [0.4, 0.5) is 11.4 Å². The first-order valence-corrected chi connectivity index (χ1v) is 8.06. The average molecular weight is 326 g/mol. The van der Waals surface area contributed by atoms with Crippen molar-refractivity contribution in [2.24, 2.45) is 0 Å². The quantitative estimate of drug-likeness (QED) is 0.806. The summed E-state index contributed by atoms with van der Waals surface area (Å²) in [5.41, 5.74) is 1.91. The zero-order chi connectivity index (χ0) is 17.4. The van der Waals surface area contributed by atoms with Gasteiger partial charge in [-0.2, -0.15) is 0 Å². The smallest absolute Gasteiger partial charge is 0.255 e. The fraction of sp³-hybridized carbons (Fsp3) is 0.263. The van der Waals surface area contributed by atoms with Gasteiger partial charge in [0.2, 0.25) is 5.91 Å². The van der Waals surface area contributed by atoms with Gasteiger partial charge >= 0.3 is 0 Å². The van der Waals surface area contributed by atoms with Crippen LogP contribution in [0.3, 0.4) is 0 Å². The first-order chi connectivity index (χ1) is 11.6. The molecule has 5 heteroatoms. The topological polar surface area (TPSA) is 67.4 Å². The Labute approximate surface area is 142 Å². The molecule has 0 radical (unpaired) electrons. The Hall–Kier alpha value is -2.82. The van der Waals surface area contributed by atoms with Crippen LogP contribution in [0.1, 0.15) is 37.0 Å². The van der Waals surface area contributed by atoms with Gasteiger partial charge in [0.05, 0.1) is 6.61 Å². The number of anilines is 2. The molecule has 0 aliphatic heterocycles. The molecule has 2 amide bonds. The van der Waals surface area contributed by atoms with Crippen molar-refractivity contribution < 1.29 is 14.3 Å². The molecule has 5 nitrogen and oxygen atoms in total. The first-order valence-electron chi connectivity index (χ1n) is 8.06. The van der Waals surface area contributed by atoms with Crippen molar-refractivity contribution in [2.45, 2.75) is 26.7 Å². The molecule has 0 saturated heterocycles. The van der Waals surface area contributed by atoms with E-state index in [1.165, 1.54) is 0 Å². The lowest BCUT2D eigenvalue weighted by atomic mass is 10.2. The Morgan fingerprint density at radius 1 is 0.875 bits per heavy atom. The molecular formula is C19H22N2O3. The number of nitrogens with one attached hydrogen (secondary N) is 2. The highest BCUT2D eigenvalue weighted by molar-refractivity contribution is 6.04. The molecule has 0 unspecified atom stereocenters. The van der Waals surface area contributed by atoms with Gasteiger partial charge in [-0.3, -0.25) is 9.59 Å². The van der Waals surface area contributed by atoms with Crippen LogP contribution in [0, 0.1) is 0 Å². The van der Waals surface area contributed by atoms with Crippen LogP contribution in [0.5, 0.6) is 5.75 Å². The molecule has 0 bridgehead atoms. The maximum atomic E-state index is 12.2. The first kappa shape index (κ1) is 17.5. The van der Waals surface area contributed by atoms with E-state index in [1.807, 2.05) is 26.0 Å².